The van der Waals surface area contributed by atoms with E-state index in [1.165, 1.54) is 6.20 Å². The molecule has 6 heteroatoms. The standard InChI is InChI=1S/C17H21ClN4O/c1-3-9-22(10-4-2)17(23)15-11-20-16(12-19-15)21-14-8-6-5-7-13(14)18/h5-8,11-12H,3-4,9-10H2,1-2H3,(H,20,21). The van der Waals surface area contributed by atoms with Crippen molar-refractivity contribution in [3.63, 3.8) is 0 Å². The van der Waals surface area contributed by atoms with Crippen LogP contribution in [0.2, 0.25) is 5.02 Å². The number of aromatic nitrogens is 2. The van der Waals surface area contributed by atoms with Gasteiger partial charge in [0.1, 0.15) is 11.5 Å². The van der Waals surface area contributed by atoms with Crippen molar-refractivity contribution in [3.8, 4) is 0 Å². The summed E-state index contributed by atoms with van der Waals surface area (Å²) < 4.78 is 0. The maximum atomic E-state index is 12.4. The van der Waals surface area contributed by atoms with E-state index in [0.29, 0.717) is 16.5 Å². The summed E-state index contributed by atoms with van der Waals surface area (Å²) in [5.41, 5.74) is 1.11. The molecule has 0 aliphatic rings. The number of halogens is 1. The van der Waals surface area contributed by atoms with Gasteiger partial charge in [-0.15, -0.1) is 0 Å². The summed E-state index contributed by atoms with van der Waals surface area (Å²) in [5.74, 6) is 0.470. The van der Waals surface area contributed by atoms with Gasteiger partial charge in [-0.05, 0) is 25.0 Å². The largest absolute Gasteiger partial charge is 0.338 e. The van der Waals surface area contributed by atoms with Crippen molar-refractivity contribution in [3.05, 3.63) is 47.4 Å². The van der Waals surface area contributed by atoms with Gasteiger partial charge in [0.05, 0.1) is 23.1 Å². The molecular formula is C17H21ClN4O. The number of nitrogens with zero attached hydrogens (tertiary/aromatic N) is 3. The van der Waals surface area contributed by atoms with Gasteiger partial charge in [0.25, 0.3) is 5.91 Å². The maximum absolute atomic E-state index is 12.4. The minimum atomic E-state index is -0.0782. The number of para-hydroxylation sites is 1. The van der Waals surface area contributed by atoms with Gasteiger partial charge >= 0.3 is 0 Å². The van der Waals surface area contributed by atoms with Gasteiger partial charge in [-0.3, -0.25) is 4.79 Å². The molecule has 2 rings (SSSR count). The number of hydrogen-bond donors (Lipinski definition) is 1. The Morgan fingerprint density at radius 2 is 1.83 bits per heavy atom. The Hall–Kier alpha value is -2.14. The Bertz CT molecular complexity index is 639. The first-order chi connectivity index (χ1) is 11.2. The van der Waals surface area contributed by atoms with Gasteiger partial charge in [0.15, 0.2) is 0 Å². The summed E-state index contributed by atoms with van der Waals surface area (Å²) in [5, 5.41) is 3.69. The van der Waals surface area contributed by atoms with Crippen LogP contribution in [0.4, 0.5) is 11.5 Å². The van der Waals surface area contributed by atoms with Gasteiger partial charge in [-0.1, -0.05) is 37.6 Å². The maximum Gasteiger partial charge on any atom is 0.274 e. The molecule has 0 atom stereocenters. The van der Waals surface area contributed by atoms with E-state index in [0.717, 1.165) is 31.6 Å². The highest BCUT2D eigenvalue weighted by Gasteiger charge is 2.16. The van der Waals surface area contributed by atoms with Crippen molar-refractivity contribution in [2.45, 2.75) is 26.7 Å². The second-order valence-corrected chi connectivity index (χ2v) is 5.59. The van der Waals surface area contributed by atoms with E-state index in [1.54, 1.807) is 12.3 Å². The van der Waals surface area contributed by atoms with E-state index in [-0.39, 0.29) is 5.91 Å². The van der Waals surface area contributed by atoms with Crippen molar-refractivity contribution < 1.29 is 4.79 Å². The summed E-state index contributed by atoms with van der Waals surface area (Å²) in [7, 11) is 0. The molecule has 0 radical (unpaired) electrons. The molecule has 0 unspecified atom stereocenters. The fraction of sp³-hybridized carbons (Fsp3) is 0.353. The van der Waals surface area contributed by atoms with E-state index >= 15 is 0 Å². The molecule has 0 aliphatic heterocycles. The summed E-state index contributed by atoms with van der Waals surface area (Å²) in [6, 6.07) is 7.39. The van der Waals surface area contributed by atoms with Crippen LogP contribution in [0.5, 0.6) is 0 Å². The van der Waals surface area contributed by atoms with Crippen molar-refractivity contribution in [1.82, 2.24) is 14.9 Å². The lowest BCUT2D eigenvalue weighted by atomic mass is 10.3. The number of rotatable bonds is 7. The van der Waals surface area contributed by atoms with E-state index in [1.807, 2.05) is 23.1 Å². The van der Waals surface area contributed by atoms with Crippen LogP contribution in [0.25, 0.3) is 0 Å². The van der Waals surface area contributed by atoms with Gasteiger partial charge in [0.2, 0.25) is 0 Å². The molecule has 1 aromatic carbocycles. The van der Waals surface area contributed by atoms with Crippen LogP contribution < -0.4 is 5.32 Å². The summed E-state index contributed by atoms with van der Waals surface area (Å²) in [6.45, 7) is 5.57. The molecular weight excluding hydrogens is 312 g/mol. The van der Waals surface area contributed by atoms with Crippen LogP contribution in [-0.2, 0) is 0 Å². The molecule has 0 bridgehead atoms. The molecule has 2 aromatic rings. The molecule has 1 N–H and O–H groups in total. The van der Waals surface area contributed by atoms with Crippen LogP contribution >= 0.6 is 11.6 Å². The number of anilines is 2. The van der Waals surface area contributed by atoms with Crippen molar-refractivity contribution in [2.75, 3.05) is 18.4 Å². The highest BCUT2D eigenvalue weighted by atomic mass is 35.5. The fourth-order valence-electron chi connectivity index (χ4n) is 2.22. The van der Waals surface area contributed by atoms with E-state index < -0.39 is 0 Å². The molecule has 0 fully saturated rings. The van der Waals surface area contributed by atoms with Crippen molar-refractivity contribution in [1.29, 1.82) is 0 Å². The third kappa shape index (κ3) is 4.66. The molecule has 23 heavy (non-hydrogen) atoms. The molecule has 0 spiro atoms. The number of carbonyl (C=O) groups excluding carboxylic acids is 1. The van der Waals surface area contributed by atoms with Crippen LogP contribution in [0.3, 0.4) is 0 Å². The first-order valence-electron chi connectivity index (χ1n) is 7.78. The molecule has 0 saturated heterocycles. The second kappa shape index (κ2) is 8.48. The number of amides is 1. The quantitative estimate of drug-likeness (QED) is 0.828. The average molecular weight is 333 g/mol. The monoisotopic (exact) mass is 332 g/mol. The van der Waals surface area contributed by atoms with Crippen LogP contribution in [0, 0.1) is 0 Å². The van der Waals surface area contributed by atoms with Crippen LogP contribution in [0.15, 0.2) is 36.7 Å². The Labute approximate surface area is 141 Å². The molecule has 122 valence electrons. The number of carbonyl (C=O) groups is 1. The summed E-state index contributed by atoms with van der Waals surface area (Å²) in [6.07, 6.45) is 4.89. The third-order valence-electron chi connectivity index (χ3n) is 3.28. The van der Waals surface area contributed by atoms with Gasteiger partial charge in [-0.2, -0.15) is 0 Å². The zero-order valence-electron chi connectivity index (χ0n) is 13.4. The Balaban J connectivity index is 2.09. The van der Waals surface area contributed by atoms with Crippen LogP contribution in [0.1, 0.15) is 37.2 Å². The Kier molecular flexibility index (Phi) is 6.35. The zero-order valence-corrected chi connectivity index (χ0v) is 14.2. The zero-order chi connectivity index (χ0) is 16.7. The second-order valence-electron chi connectivity index (χ2n) is 5.18. The lowest BCUT2D eigenvalue weighted by Crippen LogP contribution is -2.33. The highest BCUT2D eigenvalue weighted by molar-refractivity contribution is 6.33. The smallest absolute Gasteiger partial charge is 0.274 e. The van der Waals surface area contributed by atoms with Crippen molar-refractivity contribution >= 4 is 29.0 Å². The first kappa shape index (κ1) is 17.2. The molecule has 1 heterocycles. The average Bonchev–Trinajstić information content (AvgIpc) is 2.57. The highest BCUT2D eigenvalue weighted by Crippen LogP contribution is 2.23. The Morgan fingerprint density at radius 1 is 1.13 bits per heavy atom. The molecule has 1 aromatic heterocycles. The molecule has 0 saturated carbocycles. The SMILES string of the molecule is CCCN(CCC)C(=O)c1cnc(Nc2ccccc2Cl)cn1. The Morgan fingerprint density at radius 3 is 2.39 bits per heavy atom. The topological polar surface area (TPSA) is 58.1 Å². The van der Waals surface area contributed by atoms with Crippen LogP contribution in [-0.4, -0.2) is 33.9 Å². The summed E-state index contributed by atoms with van der Waals surface area (Å²) >= 11 is 6.10. The third-order valence-corrected chi connectivity index (χ3v) is 3.61. The molecule has 1 amide bonds. The van der Waals surface area contributed by atoms with Crippen molar-refractivity contribution in [2.24, 2.45) is 0 Å². The van der Waals surface area contributed by atoms with Gasteiger partial charge in [0, 0.05) is 13.1 Å². The van der Waals surface area contributed by atoms with E-state index in [4.69, 9.17) is 11.6 Å². The normalized spacial score (nSPS) is 10.4. The first-order valence-corrected chi connectivity index (χ1v) is 8.16. The summed E-state index contributed by atoms with van der Waals surface area (Å²) in [4.78, 5) is 22.7. The van der Waals surface area contributed by atoms with E-state index in [2.05, 4.69) is 29.1 Å². The fourth-order valence-corrected chi connectivity index (χ4v) is 2.40. The molecule has 0 aliphatic carbocycles. The van der Waals surface area contributed by atoms with Gasteiger partial charge < -0.3 is 10.2 Å². The predicted molar refractivity (Wildman–Crippen MR) is 93.3 cm³/mol. The number of benzene rings is 1. The predicted octanol–water partition coefficient (Wildman–Crippen LogP) is 4.14. The number of hydrogen-bond acceptors (Lipinski definition) is 4. The van der Waals surface area contributed by atoms with E-state index in [9.17, 15) is 4.79 Å². The minimum Gasteiger partial charge on any atom is -0.338 e. The number of nitrogens with one attached hydrogen (secondary N) is 1. The lowest BCUT2D eigenvalue weighted by Gasteiger charge is -2.20. The molecule has 5 nitrogen and oxygen atoms in total. The minimum absolute atomic E-state index is 0.0782. The van der Waals surface area contributed by atoms with Gasteiger partial charge in [-0.25, -0.2) is 9.97 Å². The lowest BCUT2D eigenvalue weighted by molar-refractivity contribution is 0.0749.